The number of carbonyl (C=O) groups is 2. The van der Waals surface area contributed by atoms with E-state index in [0.29, 0.717) is 0 Å². The molecule has 0 atom stereocenters. The molecule has 0 saturated carbocycles. The number of carbonyl (C=O) groups excluding carboxylic acids is 2. The number of nitrogens with one attached hydrogen (secondary N) is 3. The molecule has 0 aliphatic carbocycles. The third-order valence-corrected chi connectivity index (χ3v) is 7.08. The minimum Gasteiger partial charge on any atom is -0.278 e. The zero-order valence-corrected chi connectivity index (χ0v) is 17.5. The van der Waals surface area contributed by atoms with Crippen LogP contribution in [0.1, 0.15) is 20.8 Å². The Labute approximate surface area is 182 Å². The molecule has 2 aromatic heterocycles. The van der Waals surface area contributed by atoms with Crippen molar-refractivity contribution in [1.82, 2.24) is 15.8 Å². The Morgan fingerprint density at radius 2 is 1.55 bits per heavy atom. The van der Waals surface area contributed by atoms with Gasteiger partial charge in [-0.25, -0.2) is 8.42 Å². The lowest BCUT2D eigenvalue weighted by Gasteiger charge is -2.14. The molecule has 0 saturated heterocycles. The van der Waals surface area contributed by atoms with Gasteiger partial charge in [-0.1, -0.05) is 36.4 Å². The first kappa shape index (κ1) is 20.5. The molecule has 2 aromatic carbocycles. The van der Waals surface area contributed by atoms with Crippen LogP contribution in [-0.2, 0) is 10.0 Å². The molecule has 156 valence electrons. The number of anilines is 1. The van der Waals surface area contributed by atoms with Gasteiger partial charge in [-0.05, 0) is 46.5 Å². The summed E-state index contributed by atoms with van der Waals surface area (Å²) < 4.78 is 28.0. The highest BCUT2D eigenvalue weighted by atomic mass is 32.2. The molecule has 2 amide bonds. The Morgan fingerprint density at radius 3 is 2.23 bits per heavy atom. The van der Waals surface area contributed by atoms with Gasteiger partial charge in [-0.15, -0.1) is 11.3 Å². The number of pyridine rings is 1. The molecule has 0 bridgehead atoms. The topological polar surface area (TPSA) is 117 Å². The van der Waals surface area contributed by atoms with Crippen LogP contribution < -0.4 is 15.6 Å². The summed E-state index contributed by atoms with van der Waals surface area (Å²) >= 11 is 1.06. The highest BCUT2D eigenvalue weighted by molar-refractivity contribution is 7.94. The molecular formula is C21H16N4O4S2. The minimum absolute atomic E-state index is 0.0557. The Morgan fingerprint density at radius 1 is 0.839 bits per heavy atom. The van der Waals surface area contributed by atoms with Crippen LogP contribution in [-0.4, -0.2) is 25.2 Å². The van der Waals surface area contributed by atoms with Crippen LogP contribution in [0.3, 0.4) is 0 Å². The Hall–Kier alpha value is -3.76. The number of hydrazine groups is 1. The summed E-state index contributed by atoms with van der Waals surface area (Å²) in [6.45, 7) is 0. The van der Waals surface area contributed by atoms with Crippen LogP contribution in [0, 0.1) is 0 Å². The summed E-state index contributed by atoms with van der Waals surface area (Å²) in [5.74, 6) is -1.28. The van der Waals surface area contributed by atoms with E-state index in [1.54, 1.807) is 41.8 Å². The summed E-state index contributed by atoms with van der Waals surface area (Å²) in [5.41, 5.74) is 4.87. The van der Waals surface area contributed by atoms with E-state index >= 15 is 0 Å². The molecule has 31 heavy (non-hydrogen) atoms. The number of aromatic nitrogens is 1. The first-order valence-electron chi connectivity index (χ1n) is 9.05. The van der Waals surface area contributed by atoms with E-state index in [4.69, 9.17) is 0 Å². The maximum absolute atomic E-state index is 12.8. The average molecular weight is 453 g/mol. The molecule has 0 spiro atoms. The summed E-state index contributed by atoms with van der Waals surface area (Å²) in [6.07, 6.45) is 1.46. The lowest BCUT2D eigenvalue weighted by molar-refractivity contribution is 0.0844. The van der Waals surface area contributed by atoms with E-state index in [2.05, 4.69) is 20.6 Å². The quantitative estimate of drug-likeness (QED) is 0.402. The van der Waals surface area contributed by atoms with Crippen molar-refractivity contribution in [3.8, 4) is 0 Å². The van der Waals surface area contributed by atoms with Crippen LogP contribution in [0.25, 0.3) is 10.8 Å². The van der Waals surface area contributed by atoms with E-state index in [1.165, 1.54) is 18.3 Å². The van der Waals surface area contributed by atoms with Gasteiger partial charge in [0.1, 0.15) is 9.90 Å². The van der Waals surface area contributed by atoms with E-state index in [1.807, 2.05) is 18.2 Å². The van der Waals surface area contributed by atoms with Gasteiger partial charge in [-0.2, -0.15) is 0 Å². The largest absolute Gasteiger partial charge is 0.288 e. The van der Waals surface area contributed by atoms with E-state index < -0.39 is 21.8 Å². The van der Waals surface area contributed by atoms with Gasteiger partial charge in [0.15, 0.2) is 0 Å². The first-order chi connectivity index (χ1) is 14.9. The zero-order valence-electron chi connectivity index (χ0n) is 15.9. The molecule has 0 unspecified atom stereocenters. The lowest BCUT2D eigenvalue weighted by Crippen LogP contribution is -2.42. The standard InChI is InChI=1S/C21H16N4O4S2/c26-20(23-24-21(27)17-8-3-4-10-22-17)16-12-14-6-1-2-7-15(14)13-18(16)25-31(28,29)19-9-5-11-30-19/h1-13,25H,(H,23,26)(H,24,27). The van der Waals surface area contributed by atoms with Crippen molar-refractivity contribution in [2.24, 2.45) is 0 Å². The molecule has 2 heterocycles. The van der Waals surface area contributed by atoms with Crippen LogP contribution in [0.15, 0.2) is 82.5 Å². The van der Waals surface area contributed by atoms with Gasteiger partial charge < -0.3 is 0 Å². The van der Waals surface area contributed by atoms with Gasteiger partial charge in [0.05, 0.1) is 11.3 Å². The van der Waals surface area contributed by atoms with Crippen LogP contribution in [0.2, 0.25) is 0 Å². The van der Waals surface area contributed by atoms with E-state index in [0.717, 1.165) is 22.1 Å². The van der Waals surface area contributed by atoms with E-state index in [9.17, 15) is 18.0 Å². The number of hydrogen-bond donors (Lipinski definition) is 3. The first-order valence-corrected chi connectivity index (χ1v) is 11.4. The van der Waals surface area contributed by atoms with Crippen molar-refractivity contribution in [2.45, 2.75) is 4.21 Å². The summed E-state index contributed by atoms with van der Waals surface area (Å²) in [6, 6.07) is 18.3. The molecule has 8 nitrogen and oxygen atoms in total. The molecule has 0 radical (unpaired) electrons. The molecule has 4 aromatic rings. The van der Waals surface area contributed by atoms with Crippen LogP contribution >= 0.6 is 11.3 Å². The maximum atomic E-state index is 12.8. The summed E-state index contributed by atoms with van der Waals surface area (Å²) in [7, 11) is -3.88. The number of nitrogens with zero attached hydrogens (tertiary/aromatic N) is 1. The van der Waals surface area contributed by atoms with Crippen molar-refractivity contribution >= 4 is 49.6 Å². The fourth-order valence-electron chi connectivity index (χ4n) is 2.87. The van der Waals surface area contributed by atoms with E-state index in [-0.39, 0.29) is 21.2 Å². The van der Waals surface area contributed by atoms with Crippen molar-refractivity contribution in [3.63, 3.8) is 0 Å². The SMILES string of the molecule is O=C(NNC(=O)c1cc2ccccc2cc1NS(=O)(=O)c1cccs1)c1ccccn1. The number of thiophene rings is 1. The second-order valence-electron chi connectivity index (χ2n) is 6.41. The highest BCUT2D eigenvalue weighted by Gasteiger charge is 2.21. The molecule has 0 fully saturated rings. The van der Waals surface area contributed by atoms with Crippen molar-refractivity contribution in [2.75, 3.05) is 4.72 Å². The van der Waals surface area contributed by atoms with Crippen LogP contribution in [0.5, 0.6) is 0 Å². The number of fused-ring (bicyclic) bond motifs is 1. The molecular weight excluding hydrogens is 436 g/mol. The third kappa shape index (κ3) is 4.55. The molecule has 3 N–H and O–H groups in total. The second-order valence-corrected chi connectivity index (χ2v) is 9.26. The lowest BCUT2D eigenvalue weighted by atomic mass is 10.0. The zero-order chi connectivity index (χ0) is 21.8. The second kappa shape index (κ2) is 8.54. The number of hydrogen-bond acceptors (Lipinski definition) is 6. The van der Waals surface area contributed by atoms with Gasteiger partial charge in [0.25, 0.3) is 21.8 Å². The predicted octanol–water partition coefficient (Wildman–Crippen LogP) is 3.17. The Bertz CT molecular complexity index is 1350. The van der Waals surface area contributed by atoms with Gasteiger partial charge in [-0.3, -0.25) is 30.1 Å². The number of sulfonamides is 1. The Balaban J connectivity index is 1.64. The average Bonchev–Trinajstić information content (AvgIpc) is 3.33. The third-order valence-electron chi connectivity index (χ3n) is 4.32. The monoisotopic (exact) mass is 452 g/mol. The van der Waals surface area contributed by atoms with Crippen molar-refractivity contribution < 1.29 is 18.0 Å². The smallest absolute Gasteiger partial charge is 0.278 e. The van der Waals surface area contributed by atoms with Crippen molar-refractivity contribution in [3.05, 3.63) is 89.6 Å². The number of benzene rings is 2. The van der Waals surface area contributed by atoms with Gasteiger partial charge in [0, 0.05) is 6.20 Å². The number of amides is 2. The van der Waals surface area contributed by atoms with Crippen LogP contribution in [0.4, 0.5) is 5.69 Å². The minimum atomic E-state index is -3.88. The molecule has 0 aliphatic heterocycles. The highest BCUT2D eigenvalue weighted by Crippen LogP contribution is 2.27. The normalized spacial score (nSPS) is 11.1. The molecule has 0 aliphatic rings. The molecule has 10 heteroatoms. The number of rotatable bonds is 5. The Kier molecular flexibility index (Phi) is 5.65. The fourth-order valence-corrected chi connectivity index (χ4v) is 4.93. The molecule has 4 rings (SSSR count). The fraction of sp³-hybridized carbons (Fsp3) is 0. The summed E-state index contributed by atoms with van der Waals surface area (Å²) in [5, 5.41) is 3.14. The maximum Gasteiger partial charge on any atom is 0.288 e. The van der Waals surface area contributed by atoms with Crippen molar-refractivity contribution in [1.29, 1.82) is 0 Å². The van der Waals surface area contributed by atoms with Gasteiger partial charge in [0.2, 0.25) is 0 Å². The predicted molar refractivity (Wildman–Crippen MR) is 118 cm³/mol. The summed E-state index contributed by atoms with van der Waals surface area (Å²) in [4.78, 5) is 28.9. The van der Waals surface area contributed by atoms with Gasteiger partial charge >= 0.3 is 0 Å².